The minimum absolute atomic E-state index is 0.536. The van der Waals surface area contributed by atoms with Crippen molar-refractivity contribution in [1.82, 2.24) is 0 Å². The Hall–Kier alpha value is -5.86. The van der Waals surface area contributed by atoms with Crippen molar-refractivity contribution in [2.45, 2.75) is 5.41 Å². The molecule has 0 saturated carbocycles. The van der Waals surface area contributed by atoms with Crippen LogP contribution in [0.2, 0.25) is 0 Å². The molecule has 0 radical (unpaired) electrons. The Morgan fingerprint density at radius 1 is 0.400 bits per heavy atom. The van der Waals surface area contributed by atoms with Gasteiger partial charge in [-0.1, -0.05) is 146 Å². The van der Waals surface area contributed by atoms with E-state index in [1.54, 1.807) is 0 Å². The number of benzene rings is 7. The zero-order chi connectivity index (χ0) is 29.8. The van der Waals surface area contributed by atoms with E-state index in [2.05, 4.69) is 158 Å². The van der Waals surface area contributed by atoms with E-state index in [4.69, 9.17) is 9.15 Å². The summed E-state index contributed by atoms with van der Waals surface area (Å²) in [6.07, 6.45) is 0. The maximum Gasteiger partial charge on any atom is 0.136 e. The lowest BCUT2D eigenvalue weighted by molar-refractivity contribution is 0.435. The maximum atomic E-state index is 6.78. The Morgan fingerprint density at radius 2 is 1.00 bits per heavy atom. The van der Waals surface area contributed by atoms with Crippen LogP contribution in [0.1, 0.15) is 22.3 Å². The fourth-order valence-electron chi connectivity index (χ4n) is 7.35. The first-order chi connectivity index (χ1) is 22.3. The Bertz CT molecular complexity index is 2310. The standard InChI is InChI=1S/C43H28O2/c1-3-14-30(15-4-1)43(31-16-5-2-6-17-31)36-22-10-12-24-39(36)45-41-28-29(26-27-37(41)43)32-18-7-8-19-33(32)34-21-13-25-40-42(34)35-20-9-11-23-38(35)44-40/h1-28H. The molecule has 2 heterocycles. The van der Waals surface area contributed by atoms with E-state index in [9.17, 15) is 0 Å². The summed E-state index contributed by atoms with van der Waals surface area (Å²) in [7, 11) is 0. The van der Waals surface area contributed by atoms with E-state index in [0.29, 0.717) is 0 Å². The molecule has 0 N–H and O–H groups in total. The van der Waals surface area contributed by atoms with Crippen LogP contribution in [0.4, 0.5) is 0 Å². The van der Waals surface area contributed by atoms with Gasteiger partial charge in [0.1, 0.15) is 22.7 Å². The van der Waals surface area contributed by atoms with Gasteiger partial charge >= 0.3 is 0 Å². The van der Waals surface area contributed by atoms with Crippen molar-refractivity contribution in [3.05, 3.63) is 192 Å². The fraction of sp³-hybridized carbons (Fsp3) is 0.0233. The van der Waals surface area contributed by atoms with Crippen LogP contribution in [0.25, 0.3) is 44.2 Å². The predicted molar refractivity (Wildman–Crippen MR) is 183 cm³/mol. The lowest BCUT2D eigenvalue weighted by atomic mass is 9.63. The summed E-state index contributed by atoms with van der Waals surface area (Å²) < 4.78 is 13.0. The van der Waals surface area contributed by atoms with Crippen molar-refractivity contribution < 1.29 is 9.15 Å². The van der Waals surface area contributed by atoms with Crippen molar-refractivity contribution in [3.8, 4) is 33.8 Å². The Labute approximate surface area is 261 Å². The van der Waals surface area contributed by atoms with Gasteiger partial charge in [-0.05, 0) is 57.6 Å². The molecule has 45 heavy (non-hydrogen) atoms. The number of hydrogen-bond donors (Lipinski definition) is 0. The summed E-state index contributed by atoms with van der Waals surface area (Å²) >= 11 is 0. The average Bonchev–Trinajstić information content (AvgIpc) is 3.50. The summed E-state index contributed by atoms with van der Waals surface area (Å²) in [4.78, 5) is 0. The molecule has 0 saturated heterocycles. The van der Waals surface area contributed by atoms with Crippen molar-refractivity contribution in [2.24, 2.45) is 0 Å². The summed E-state index contributed by atoms with van der Waals surface area (Å²) in [6, 6.07) is 60.1. The fourth-order valence-corrected chi connectivity index (χ4v) is 7.35. The van der Waals surface area contributed by atoms with E-state index >= 15 is 0 Å². The molecule has 212 valence electrons. The molecule has 2 nitrogen and oxygen atoms in total. The van der Waals surface area contributed by atoms with E-state index < -0.39 is 5.41 Å². The van der Waals surface area contributed by atoms with Crippen LogP contribution in [-0.2, 0) is 5.41 Å². The second-order valence-corrected chi connectivity index (χ2v) is 11.6. The molecule has 9 rings (SSSR count). The lowest BCUT2D eigenvalue weighted by Gasteiger charge is -2.41. The Kier molecular flexibility index (Phi) is 5.76. The molecular formula is C43H28O2. The highest BCUT2D eigenvalue weighted by Gasteiger charge is 2.45. The molecule has 1 aliphatic rings. The first-order valence-electron chi connectivity index (χ1n) is 15.4. The van der Waals surface area contributed by atoms with Gasteiger partial charge < -0.3 is 9.15 Å². The van der Waals surface area contributed by atoms with Gasteiger partial charge in [0, 0.05) is 21.9 Å². The Balaban J connectivity index is 1.29. The van der Waals surface area contributed by atoms with E-state index in [1.807, 2.05) is 12.1 Å². The van der Waals surface area contributed by atoms with Crippen LogP contribution in [0.5, 0.6) is 11.5 Å². The molecule has 0 atom stereocenters. The highest BCUT2D eigenvalue weighted by molar-refractivity contribution is 6.13. The molecule has 1 aromatic heterocycles. The molecule has 0 bridgehead atoms. The molecule has 0 unspecified atom stereocenters. The third-order valence-electron chi connectivity index (χ3n) is 9.24. The van der Waals surface area contributed by atoms with Crippen LogP contribution >= 0.6 is 0 Å². The van der Waals surface area contributed by atoms with Gasteiger partial charge in [-0.3, -0.25) is 0 Å². The second-order valence-electron chi connectivity index (χ2n) is 11.6. The molecule has 0 spiro atoms. The summed E-state index contributed by atoms with van der Waals surface area (Å²) in [6.45, 7) is 0. The van der Waals surface area contributed by atoms with Crippen molar-refractivity contribution in [1.29, 1.82) is 0 Å². The highest BCUT2D eigenvalue weighted by Crippen LogP contribution is 2.56. The van der Waals surface area contributed by atoms with Gasteiger partial charge in [0.2, 0.25) is 0 Å². The van der Waals surface area contributed by atoms with Crippen molar-refractivity contribution in [3.63, 3.8) is 0 Å². The minimum atomic E-state index is -0.536. The van der Waals surface area contributed by atoms with Crippen LogP contribution in [0, 0.1) is 0 Å². The normalized spacial score (nSPS) is 13.2. The van der Waals surface area contributed by atoms with Crippen LogP contribution in [-0.4, -0.2) is 0 Å². The van der Waals surface area contributed by atoms with Gasteiger partial charge in [-0.2, -0.15) is 0 Å². The summed E-state index contributed by atoms with van der Waals surface area (Å²) in [5.41, 5.74) is 10.5. The van der Waals surface area contributed by atoms with Gasteiger partial charge in [0.15, 0.2) is 0 Å². The quantitative estimate of drug-likeness (QED) is 0.208. The molecule has 7 aromatic carbocycles. The molecule has 1 aliphatic heterocycles. The molecule has 2 heteroatoms. The zero-order valence-corrected chi connectivity index (χ0v) is 24.5. The SMILES string of the molecule is c1ccc(C2(c3ccccc3)c3ccccc3Oc3cc(-c4ccccc4-c4cccc5oc6ccccc6c45)ccc32)cc1. The summed E-state index contributed by atoms with van der Waals surface area (Å²) in [5, 5.41) is 2.26. The minimum Gasteiger partial charge on any atom is -0.457 e. The number of furan rings is 1. The molecule has 0 fully saturated rings. The largest absolute Gasteiger partial charge is 0.457 e. The highest BCUT2D eigenvalue weighted by atomic mass is 16.5. The number of fused-ring (bicyclic) bond motifs is 5. The van der Waals surface area contributed by atoms with E-state index in [-0.39, 0.29) is 0 Å². The topological polar surface area (TPSA) is 22.4 Å². The predicted octanol–water partition coefficient (Wildman–Crippen LogP) is 11.4. The molecule has 0 amide bonds. The number of rotatable bonds is 4. The van der Waals surface area contributed by atoms with E-state index in [1.165, 1.54) is 11.1 Å². The van der Waals surface area contributed by atoms with Crippen molar-refractivity contribution >= 4 is 21.9 Å². The van der Waals surface area contributed by atoms with Gasteiger partial charge in [-0.25, -0.2) is 0 Å². The third-order valence-corrected chi connectivity index (χ3v) is 9.24. The average molecular weight is 577 g/mol. The van der Waals surface area contributed by atoms with Crippen LogP contribution in [0.15, 0.2) is 174 Å². The van der Waals surface area contributed by atoms with E-state index in [0.717, 1.165) is 66.8 Å². The first kappa shape index (κ1) is 25.6. The van der Waals surface area contributed by atoms with Crippen molar-refractivity contribution in [2.75, 3.05) is 0 Å². The Morgan fingerprint density at radius 3 is 1.80 bits per heavy atom. The lowest BCUT2D eigenvalue weighted by Crippen LogP contribution is -2.34. The van der Waals surface area contributed by atoms with Gasteiger partial charge in [-0.15, -0.1) is 0 Å². The van der Waals surface area contributed by atoms with Crippen LogP contribution in [0.3, 0.4) is 0 Å². The maximum absolute atomic E-state index is 6.78. The monoisotopic (exact) mass is 576 g/mol. The van der Waals surface area contributed by atoms with Gasteiger partial charge in [0.05, 0.1) is 5.41 Å². The summed E-state index contributed by atoms with van der Waals surface area (Å²) in [5.74, 6) is 1.73. The molecule has 0 aliphatic carbocycles. The second kappa shape index (κ2) is 10.1. The number of ether oxygens (including phenoxy) is 1. The first-order valence-corrected chi connectivity index (χ1v) is 15.4. The third kappa shape index (κ3) is 3.82. The van der Waals surface area contributed by atoms with Crippen LogP contribution < -0.4 is 4.74 Å². The zero-order valence-electron chi connectivity index (χ0n) is 24.5. The number of hydrogen-bond acceptors (Lipinski definition) is 2. The van der Waals surface area contributed by atoms with Gasteiger partial charge in [0.25, 0.3) is 0 Å². The molecule has 8 aromatic rings. The number of para-hydroxylation sites is 2. The molecular weight excluding hydrogens is 548 g/mol. The smallest absolute Gasteiger partial charge is 0.136 e.